The molecule has 3 aromatic carbocycles. The van der Waals surface area contributed by atoms with Crippen LogP contribution in [0.15, 0.2) is 72.8 Å². The Morgan fingerprint density at radius 1 is 1.00 bits per heavy atom. The maximum atomic E-state index is 13.5. The summed E-state index contributed by atoms with van der Waals surface area (Å²) in [7, 11) is 0. The molecule has 0 radical (unpaired) electrons. The van der Waals surface area contributed by atoms with Crippen LogP contribution in [0.5, 0.6) is 0 Å². The predicted octanol–water partition coefficient (Wildman–Crippen LogP) is 4.50. The van der Waals surface area contributed by atoms with Gasteiger partial charge < -0.3 is 9.47 Å². The van der Waals surface area contributed by atoms with Gasteiger partial charge in [0.1, 0.15) is 18.5 Å². The molecule has 0 unspecified atom stereocenters. The van der Waals surface area contributed by atoms with Crippen molar-refractivity contribution in [2.75, 3.05) is 13.3 Å². The van der Waals surface area contributed by atoms with Gasteiger partial charge in [0.05, 0.1) is 0 Å². The van der Waals surface area contributed by atoms with Gasteiger partial charge in [-0.25, -0.2) is 14.0 Å². The average Bonchev–Trinajstić information content (AvgIpc) is 3.30. The number of ether oxygens (including phenoxy) is 2. The van der Waals surface area contributed by atoms with Crippen molar-refractivity contribution >= 4 is 12.1 Å². The first kappa shape index (κ1) is 19.3. The van der Waals surface area contributed by atoms with Crippen molar-refractivity contribution in [3.05, 3.63) is 95.3 Å². The van der Waals surface area contributed by atoms with Crippen molar-refractivity contribution in [1.29, 1.82) is 0 Å². The molecular weight excluding hydrogens is 397 g/mol. The Kier molecular flexibility index (Phi) is 4.90. The highest BCUT2D eigenvalue weighted by molar-refractivity contribution is 5.84. The van der Waals surface area contributed by atoms with Crippen LogP contribution in [-0.4, -0.2) is 36.3 Å². The lowest BCUT2D eigenvalue weighted by Crippen LogP contribution is -2.40. The molecule has 0 N–H and O–H groups in total. The van der Waals surface area contributed by atoms with E-state index in [2.05, 4.69) is 12.1 Å². The molecule has 0 bridgehead atoms. The van der Waals surface area contributed by atoms with Crippen LogP contribution < -0.4 is 0 Å². The molecule has 5 rings (SSSR count). The number of rotatable bonds is 4. The first-order valence-corrected chi connectivity index (χ1v) is 10.1. The highest BCUT2D eigenvalue weighted by Gasteiger charge is 2.39. The first-order chi connectivity index (χ1) is 15.1. The van der Waals surface area contributed by atoms with E-state index >= 15 is 0 Å². The van der Waals surface area contributed by atoms with Crippen LogP contribution in [0.25, 0.3) is 11.1 Å². The summed E-state index contributed by atoms with van der Waals surface area (Å²) in [6, 6.07) is 21.3. The van der Waals surface area contributed by atoms with Gasteiger partial charge in [-0.1, -0.05) is 60.7 Å². The summed E-state index contributed by atoms with van der Waals surface area (Å²) >= 11 is 0. The summed E-state index contributed by atoms with van der Waals surface area (Å²) in [4.78, 5) is 26.3. The molecule has 0 spiro atoms. The average molecular weight is 417 g/mol. The van der Waals surface area contributed by atoms with Gasteiger partial charge in [-0.05, 0) is 39.9 Å². The second-order valence-corrected chi connectivity index (χ2v) is 7.72. The van der Waals surface area contributed by atoms with Gasteiger partial charge in [0, 0.05) is 12.3 Å². The molecule has 0 saturated carbocycles. The molecule has 1 atom stereocenters. The number of cyclic esters (lactones) is 1. The van der Waals surface area contributed by atoms with Gasteiger partial charge >= 0.3 is 12.1 Å². The van der Waals surface area contributed by atoms with Crippen LogP contribution >= 0.6 is 0 Å². The summed E-state index contributed by atoms with van der Waals surface area (Å²) in [5.41, 5.74) is 5.12. The first-order valence-electron chi connectivity index (χ1n) is 10.1. The minimum Gasteiger partial charge on any atom is -0.448 e. The summed E-state index contributed by atoms with van der Waals surface area (Å²) in [6.45, 7) is -0.0142. The fraction of sp³-hybridized carbons (Fsp3) is 0.200. The lowest BCUT2D eigenvalue weighted by molar-refractivity contribution is -0.139. The molecule has 1 amide bonds. The number of hydrogen-bond donors (Lipinski definition) is 0. The van der Waals surface area contributed by atoms with E-state index in [0.717, 1.165) is 22.3 Å². The zero-order valence-corrected chi connectivity index (χ0v) is 16.7. The predicted molar refractivity (Wildman–Crippen MR) is 112 cm³/mol. The smallest absolute Gasteiger partial charge is 0.413 e. The molecule has 1 saturated heterocycles. The number of amides is 1. The van der Waals surface area contributed by atoms with Gasteiger partial charge in [-0.15, -0.1) is 0 Å². The SMILES string of the molecule is O=C1OCN(C(=O)OCC2c3ccccc3-c3ccccc32)[C@H]1Cc1cccc(F)c1. The monoisotopic (exact) mass is 417 g/mol. The van der Waals surface area contributed by atoms with E-state index in [4.69, 9.17) is 9.47 Å². The molecule has 1 heterocycles. The Bertz CT molecular complexity index is 1120. The van der Waals surface area contributed by atoms with Crippen molar-refractivity contribution < 1.29 is 23.5 Å². The van der Waals surface area contributed by atoms with Gasteiger partial charge in [0.2, 0.25) is 0 Å². The zero-order chi connectivity index (χ0) is 21.4. The van der Waals surface area contributed by atoms with Crippen molar-refractivity contribution in [1.82, 2.24) is 4.90 Å². The topological polar surface area (TPSA) is 55.8 Å². The molecule has 31 heavy (non-hydrogen) atoms. The molecule has 5 nitrogen and oxygen atoms in total. The van der Waals surface area contributed by atoms with E-state index in [-0.39, 0.29) is 25.7 Å². The standard InChI is InChI=1S/C25H20FNO4/c26-17-7-5-6-16(12-17)13-23-24(28)31-15-27(23)25(29)30-14-22-20-10-3-1-8-18(20)19-9-2-4-11-21(19)22/h1-12,22-23H,13-15H2/t23-/m0/s1. The molecule has 0 aromatic heterocycles. The van der Waals surface area contributed by atoms with Crippen molar-refractivity contribution in [2.45, 2.75) is 18.4 Å². The zero-order valence-electron chi connectivity index (χ0n) is 16.7. The van der Waals surface area contributed by atoms with E-state index in [0.29, 0.717) is 5.56 Å². The second kappa shape index (κ2) is 7.87. The van der Waals surface area contributed by atoms with Gasteiger partial charge in [0.25, 0.3) is 0 Å². The van der Waals surface area contributed by atoms with Gasteiger partial charge in [-0.2, -0.15) is 0 Å². The summed E-state index contributed by atoms with van der Waals surface area (Å²) < 4.78 is 24.2. The van der Waals surface area contributed by atoms with E-state index in [1.54, 1.807) is 12.1 Å². The highest BCUT2D eigenvalue weighted by atomic mass is 19.1. The molecular formula is C25H20FNO4. The van der Waals surface area contributed by atoms with Gasteiger partial charge in [-0.3, -0.25) is 4.90 Å². The maximum absolute atomic E-state index is 13.5. The number of benzene rings is 3. The Hall–Kier alpha value is -3.67. The third-order valence-electron chi connectivity index (χ3n) is 5.88. The Morgan fingerprint density at radius 2 is 1.68 bits per heavy atom. The Labute approximate surface area is 179 Å². The maximum Gasteiger partial charge on any atom is 0.413 e. The molecule has 156 valence electrons. The fourth-order valence-corrected chi connectivity index (χ4v) is 4.38. The van der Waals surface area contributed by atoms with E-state index in [9.17, 15) is 14.0 Å². The van der Waals surface area contributed by atoms with Crippen LogP contribution in [0.4, 0.5) is 9.18 Å². The number of carbonyl (C=O) groups is 2. The fourth-order valence-electron chi connectivity index (χ4n) is 4.38. The molecule has 1 aliphatic heterocycles. The van der Waals surface area contributed by atoms with Crippen LogP contribution in [0.2, 0.25) is 0 Å². The third-order valence-corrected chi connectivity index (χ3v) is 5.88. The molecule has 2 aliphatic rings. The number of nitrogens with zero attached hydrogens (tertiary/aromatic N) is 1. The minimum absolute atomic E-state index is 0.0720. The Balaban J connectivity index is 1.32. The Morgan fingerprint density at radius 3 is 2.35 bits per heavy atom. The van der Waals surface area contributed by atoms with E-state index in [1.807, 2.05) is 36.4 Å². The van der Waals surface area contributed by atoms with Crippen molar-refractivity contribution in [3.8, 4) is 11.1 Å². The van der Waals surface area contributed by atoms with Crippen LogP contribution in [-0.2, 0) is 20.7 Å². The third kappa shape index (κ3) is 3.54. The quantitative estimate of drug-likeness (QED) is 0.587. The molecule has 6 heteroatoms. The highest BCUT2D eigenvalue weighted by Crippen LogP contribution is 2.44. The lowest BCUT2D eigenvalue weighted by atomic mass is 9.98. The number of carbonyl (C=O) groups excluding carboxylic acids is 2. The molecule has 1 fully saturated rings. The minimum atomic E-state index is -0.836. The lowest BCUT2D eigenvalue weighted by Gasteiger charge is -2.21. The van der Waals surface area contributed by atoms with Crippen LogP contribution in [0.1, 0.15) is 22.6 Å². The van der Waals surface area contributed by atoms with Gasteiger partial charge in [0.15, 0.2) is 6.73 Å². The largest absolute Gasteiger partial charge is 0.448 e. The number of hydrogen-bond acceptors (Lipinski definition) is 4. The van der Waals surface area contributed by atoms with E-state index < -0.39 is 23.9 Å². The van der Waals surface area contributed by atoms with E-state index in [1.165, 1.54) is 17.0 Å². The number of fused-ring (bicyclic) bond motifs is 3. The second-order valence-electron chi connectivity index (χ2n) is 7.72. The summed E-state index contributed by atoms with van der Waals surface area (Å²) in [5.74, 6) is -0.980. The van der Waals surface area contributed by atoms with Crippen molar-refractivity contribution in [2.24, 2.45) is 0 Å². The number of esters is 1. The van der Waals surface area contributed by atoms with Crippen LogP contribution in [0, 0.1) is 5.82 Å². The van der Waals surface area contributed by atoms with Crippen LogP contribution in [0.3, 0.4) is 0 Å². The van der Waals surface area contributed by atoms with Crippen molar-refractivity contribution in [3.63, 3.8) is 0 Å². The molecule has 3 aromatic rings. The normalized spacial score (nSPS) is 17.3. The summed E-state index contributed by atoms with van der Waals surface area (Å²) in [5, 5.41) is 0. The molecule has 1 aliphatic carbocycles. The number of halogens is 1. The summed E-state index contributed by atoms with van der Waals surface area (Å²) in [6.07, 6.45) is -0.449.